The van der Waals surface area contributed by atoms with Gasteiger partial charge in [-0.15, -0.1) is 0 Å². The number of aliphatic carboxylic acids is 1. The number of carboxylic acids is 1. The van der Waals surface area contributed by atoms with Gasteiger partial charge < -0.3 is 21.3 Å². The van der Waals surface area contributed by atoms with E-state index in [0.717, 1.165) is 6.42 Å². The molecule has 0 fully saturated rings. The predicted octanol–water partition coefficient (Wildman–Crippen LogP) is -0.688. The van der Waals surface area contributed by atoms with Crippen LogP contribution in [0.4, 0.5) is 0 Å². The summed E-state index contributed by atoms with van der Waals surface area (Å²) in [7, 11) is 0. The van der Waals surface area contributed by atoms with Crippen LogP contribution < -0.4 is 11.1 Å². The molecule has 0 bridgehead atoms. The number of hydrogen-bond acceptors (Lipinski definition) is 4. The van der Waals surface area contributed by atoms with E-state index in [0.29, 0.717) is 0 Å². The molecular formula is C10H20N2O4. The Morgan fingerprint density at radius 3 is 2.38 bits per heavy atom. The van der Waals surface area contributed by atoms with Crippen LogP contribution in [0, 0.1) is 5.92 Å². The number of amides is 1. The molecule has 3 atom stereocenters. The lowest BCUT2D eigenvalue weighted by Gasteiger charge is -2.20. The van der Waals surface area contributed by atoms with Crippen LogP contribution in [0.3, 0.4) is 0 Å². The number of hydrogen-bond donors (Lipinski definition) is 4. The van der Waals surface area contributed by atoms with Gasteiger partial charge in [-0.3, -0.25) is 4.79 Å². The number of aliphatic hydroxyl groups excluding tert-OH is 1. The lowest BCUT2D eigenvalue weighted by atomic mass is 9.99. The van der Waals surface area contributed by atoms with E-state index in [1.807, 2.05) is 13.8 Å². The molecule has 0 aromatic carbocycles. The van der Waals surface area contributed by atoms with Gasteiger partial charge in [0, 0.05) is 13.0 Å². The number of nitrogens with one attached hydrogen (secondary N) is 1. The van der Waals surface area contributed by atoms with Crippen molar-refractivity contribution < 1.29 is 19.8 Å². The van der Waals surface area contributed by atoms with E-state index in [2.05, 4.69) is 5.32 Å². The highest BCUT2D eigenvalue weighted by atomic mass is 16.4. The van der Waals surface area contributed by atoms with Crippen molar-refractivity contribution in [2.75, 3.05) is 6.61 Å². The molecule has 0 aromatic heterocycles. The molecule has 0 aliphatic heterocycles. The van der Waals surface area contributed by atoms with Crippen LogP contribution in [-0.4, -0.2) is 40.8 Å². The monoisotopic (exact) mass is 232 g/mol. The zero-order valence-electron chi connectivity index (χ0n) is 9.64. The number of nitrogens with two attached hydrogens (primary N) is 1. The van der Waals surface area contributed by atoms with Crippen LogP contribution in [0.2, 0.25) is 0 Å². The summed E-state index contributed by atoms with van der Waals surface area (Å²) >= 11 is 0. The van der Waals surface area contributed by atoms with Crippen LogP contribution in [0.15, 0.2) is 0 Å². The minimum atomic E-state index is -1.17. The third kappa shape index (κ3) is 4.59. The highest BCUT2D eigenvalue weighted by Gasteiger charge is 2.25. The van der Waals surface area contributed by atoms with Crippen molar-refractivity contribution in [3.05, 3.63) is 0 Å². The number of rotatable bonds is 7. The summed E-state index contributed by atoms with van der Waals surface area (Å²) in [6.45, 7) is 3.43. The van der Waals surface area contributed by atoms with Crippen LogP contribution in [0.5, 0.6) is 0 Å². The maximum Gasteiger partial charge on any atom is 0.326 e. The lowest BCUT2D eigenvalue weighted by molar-refractivity contribution is -0.142. The van der Waals surface area contributed by atoms with Crippen LogP contribution in [0.25, 0.3) is 0 Å². The Morgan fingerprint density at radius 2 is 2.00 bits per heavy atom. The minimum absolute atomic E-state index is 0.0106. The maximum absolute atomic E-state index is 11.6. The fourth-order valence-corrected chi connectivity index (χ4v) is 1.17. The Balaban J connectivity index is 4.34. The zero-order chi connectivity index (χ0) is 12.7. The average molecular weight is 232 g/mol. The van der Waals surface area contributed by atoms with E-state index in [-0.39, 0.29) is 18.9 Å². The summed E-state index contributed by atoms with van der Waals surface area (Å²) in [6.07, 6.45) is 0.723. The molecule has 0 heterocycles. The van der Waals surface area contributed by atoms with E-state index < -0.39 is 24.0 Å². The molecule has 0 aliphatic carbocycles. The third-order valence-electron chi connectivity index (χ3n) is 2.59. The summed E-state index contributed by atoms with van der Waals surface area (Å²) in [6, 6.07) is -1.79. The van der Waals surface area contributed by atoms with Crippen LogP contribution >= 0.6 is 0 Å². The van der Waals surface area contributed by atoms with Crippen LogP contribution in [-0.2, 0) is 9.59 Å². The molecule has 5 N–H and O–H groups in total. The maximum atomic E-state index is 11.6. The first-order valence-corrected chi connectivity index (χ1v) is 5.33. The predicted molar refractivity (Wildman–Crippen MR) is 58.7 cm³/mol. The molecule has 0 saturated heterocycles. The third-order valence-corrected chi connectivity index (χ3v) is 2.59. The van der Waals surface area contributed by atoms with Gasteiger partial charge in [-0.1, -0.05) is 20.3 Å². The fraction of sp³-hybridized carbons (Fsp3) is 0.800. The molecular weight excluding hydrogens is 212 g/mol. The van der Waals surface area contributed by atoms with E-state index >= 15 is 0 Å². The standard InChI is InChI=1S/C10H20N2O4/c1-3-6(2)8(11)9(14)12-7(4-5-13)10(15)16/h6-8,13H,3-5,11H2,1-2H3,(H,12,14)(H,15,16)/t6?,7-,8?/m1/s1. The molecule has 0 saturated carbocycles. The Morgan fingerprint density at radius 1 is 1.44 bits per heavy atom. The van der Waals surface area contributed by atoms with E-state index in [9.17, 15) is 9.59 Å². The van der Waals surface area contributed by atoms with Crippen molar-refractivity contribution in [3.8, 4) is 0 Å². The van der Waals surface area contributed by atoms with Gasteiger partial charge in [0.05, 0.1) is 6.04 Å². The smallest absolute Gasteiger partial charge is 0.326 e. The van der Waals surface area contributed by atoms with E-state index in [1.165, 1.54) is 0 Å². The molecule has 0 radical (unpaired) electrons. The van der Waals surface area contributed by atoms with Gasteiger partial charge >= 0.3 is 5.97 Å². The summed E-state index contributed by atoms with van der Waals surface area (Å²) in [4.78, 5) is 22.3. The van der Waals surface area contributed by atoms with E-state index in [4.69, 9.17) is 15.9 Å². The second-order valence-corrected chi connectivity index (χ2v) is 3.82. The van der Waals surface area contributed by atoms with Crippen molar-refractivity contribution in [2.45, 2.75) is 38.8 Å². The minimum Gasteiger partial charge on any atom is -0.480 e. The number of carbonyl (C=O) groups is 2. The lowest BCUT2D eigenvalue weighted by Crippen LogP contribution is -2.50. The summed E-state index contributed by atoms with van der Waals surface area (Å²) in [5, 5.41) is 19.7. The molecule has 94 valence electrons. The first-order valence-electron chi connectivity index (χ1n) is 5.33. The Hall–Kier alpha value is -1.14. The second kappa shape index (κ2) is 7.19. The quantitative estimate of drug-likeness (QED) is 0.464. The molecule has 1 amide bonds. The molecule has 0 spiro atoms. The molecule has 0 rings (SSSR count). The fourth-order valence-electron chi connectivity index (χ4n) is 1.17. The zero-order valence-corrected chi connectivity index (χ0v) is 9.64. The molecule has 6 nitrogen and oxygen atoms in total. The Labute approximate surface area is 94.8 Å². The summed E-state index contributed by atoms with van der Waals surface area (Å²) < 4.78 is 0. The molecule has 0 aliphatic rings. The van der Waals surface area contributed by atoms with Gasteiger partial charge in [0.1, 0.15) is 6.04 Å². The van der Waals surface area contributed by atoms with Crippen molar-refractivity contribution >= 4 is 11.9 Å². The number of carboxylic acid groups (broad SMARTS) is 1. The Bertz CT molecular complexity index is 245. The highest BCUT2D eigenvalue weighted by molar-refractivity contribution is 5.86. The van der Waals surface area contributed by atoms with Gasteiger partial charge in [0.25, 0.3) is 0 Å². The highest BCUT2D eigenvalue weighted by Crippen LogP contribution is 2.05. The van der Waals surface area contributed by atoms with E-state index in [1.54, 1.807) is 0 Å². The topological polar surface area (TPSA) is 113 Å². The molecule has 2 unspecified atom stereocenters. The summed E-state index contributed by atoms with van der Waals surface area (Å²) in [5.74, 6) is -1.67. The van der Waals surface area contributed by atoms with Gasteiger partial charge in [-0.2, -0.15) is 0 Å². The van der Waals surface area contributed by atoms with Crippen molar-refractivity contribution in [2.24, 2.45) is 11.7 Å². The molecule has 0 aromatic rings. The first kappa shape index (κ1) is 14.9. The molecule has 6 heteroatoms. The van der Waals surface area contributed by atoms with Gasteiger partial charge in [-0.25, -0.2) is 4.79 Å². The van der Waals surface area contributed by atoms with Gasteiger partial charge in [-0.05, 0) is 5.92 Å². The van der Waals surface area contributed by atoms with Gasteiger partial charge in [0.15, 0.2) is 0 Å². The largest absolute Gasteiger partial charge is 0.480 e. The molecule has 16 heavy (non-hydrogen) atoms. The van der Waals surface area contributed by atoms with Gasteiger partial charge in [0.2, 0.25) is 5.91 Å². The first-order chi connectivity index (χ1) is 7.43. The number of carbonyl (C=O) groups excluding carboxylic acids is 1. The second-order valence-electron chi connectivity index (χ2n) is 3.82. The average Bonchev–Trinajstić information content (AvgIpc) is 2.25. The Kier molecular flexibility index (Phi) is 6.67. The van der Waals surface area contributed by atoms with Crippen LogP contribution in [0.1, 0.15) is 26.7 Å². The van der Waals surface area contributed by atoms with Crippen molar-refractivity contribution in [1.82, 2.24) is 5.32 Å². The van der Waals surface area contributed by atoms with Crippen molar-refractivity contribution in [1.29, 1.82) is 0 Å². The van der Waals surface area contributed by atoms with Crippen molar-refractivity contribution in [3.63, 3.8) is 0 Å². The normalized spacial score (nSPS) is 16.2. The number of aliphatic hydroxyl groups is 1. The SMILES string of the molecule is CCC(C)C(N)C(=O)N[C@H](CCO)C(=O)O. The summed E-state index contributed by atoms with van der Waals surface area (Å²) in [5.41, 5.74) is 5.65.